The zero-order chi connectivity index (χ0) is 17.8. The summed E-state index contributed by atoms with van der Waals surface area (Å²) < 4.78 is 5.21. The average molecular weight is 341 g/mol. The molecule has 132 valence electrons. The zero-order valence-electron chi connectivity index (χ0n) is 14.8. The molecule has 1 saturated heterocycles. The normalized spacial score (nSPS) is 17.3. The number of hydrogen-bond donors (Lipinski definition) is 1. The molecule has 1 aliphatic heterocycles. The lowest BCUT2D eigenvalue weighted by molar-refractivity contribution is -0.121. The largest absolute Gasteiger partial charge is 0.497 e. The molecule has 0 unspecified atom stereocenters. The van der Waals surface area contributed by atoms with Crippen molar-refractivity contribution in [2.45, 2.75) is 13.0 Å². The van der Waals surface area contributed by atoms with Gasteiger partial charge in [-0.2, -0.15) is 0 Å². The van der Waals surface area contributed by atoms with E-state index in [2.05, 4.69) is 20.2 Å². The van der Waals surface area contributed by atoms with Crippen LogP contribution in [0.25, 0.3) is 0 Å². The van der Waals surface area contributed by atoms with Gasteiger partial charge in [0.1, 0.15) is 23.4 Å². The van der Waals surface area contributed by atoms with Gasteiger partial charge >= 0.3 is 0 Å². The number of nitrogens with one attached hydrogen (secondary N) is 1. The van der Waals surface area contributed by atoms with Gasteiger partial charge in [0.15, 0.2) is 0 Å². The summed E-state index contributed by atoms with van der Waals surface area (Å²) in [6.45, 7) is 3.96. The van der Waals surface area contributed by atoms with Gasteiger partial charge in [0.2, 0.25) is 5.91 Å². The van der Waals surface area contributed by atoms with Crippen LogP contribution >= 0.6 is 0 Å². The molecule has 7 nitrogen and oxygen atoms in total. The number of likely N-dealkylation sites (N-methyl/N-ethyl adjacent to an activating group) is 1. The molecule has 0 saturated carbocycles. The Morgan fingerprint density at radius 1 is 1.24 bits per heavy atom. The van der Waals surface area contributed by atoms with Gasteiger partial charge in [-0.25, -0.2) is 9.97 Å². The molecule has 25 heavy (non-hydrogen) atoms. The summed E-state index contributed by atoms with van der Waals surface area (Å²) in [6.07, 6.45) is 1.73. The van der Waals surface area contributed by atoms with Gasteiger partial charge in [0.25, 0.3) is 0 Å². The Labute approximate surface area is 147 Å². The Hall–Kier alpha value is -2.83. The molecule has 1 aromatic heterocycles. The molecule has 0 aliphatic carbocycles. The summed E-state index contributed by atoms with van der Waals surface area (Å²) in [5.74, 6) is 2.29. The molecule has 1 aromatic carbocycles. The molecule has 2 heterocycles. The first-order chi connectivity index (χ1) is 12.1. The quantitative estimate of drug-likeness (QED) is 0.902. The Kier molecular flexibility index (Phi) is 5.02. The predicted octanol–water partition coefficient (Wildman–Crippen LogP) is 1.23. The van der Waals surface area contributed by atoms with Crippen LogP contribution in [0, 0.1) is 6.92 Å². The van der Waals surface area contributed by atoms with Crippen molar-refractivity contribution in [3.05, 3.63) is 42.4 Å². The molecular formula is C18H23N5O2. The molecule has 0 spiro atoms. The number of rotatable bonds is 4. The molecule has 3 rings (SSSR count). The van der Waals surface area contributed by atoms with Crippen LogP contribution in [0.1, 0.15) is 5.82 Å². The number of carbonyl (C=O) groups is 1. The second kappa shape index (κ2) is 7.38. The number of methoxy groups -OCH3 is 1. The van der Waals surface area contributed by atoms with Gasteiger partial charge in [0.05, 0.1) is 7.11 Å². The fourth-order valence-corrected chi connectivity index (χ4v) is 3.08. The number of ether oxygens (including phenoxy) is 1. The van der Waals surface area contributed by atoms with Gasteiger partial charge in [0, 0.05) is 38.6 Å². The lowest BCUT2D eigenvalue weighted by atomic mass is 10.1. The van der Waals surface area contributed by atoms with E-state index in [1.165, 1.54) is 0 Å². The highest BCUT2D eigenvalue weighted by Gasteiger charge is 2.33. The minimum Gasteiger partial charge on any atom is -0.497 e. The first-order valence-electron chi connectivity index (χ1n) is 8.29. The standard InChI is InChI=1S/C18H23N5O2/c1-13-20-9-8-17(21-13)23-11-10-22(12-16(23)18(24)19-2)14-4-6-15(25-3)7-5-14/h4-9,16H,10-12H2,1-3H3,(H,19,24)/t16-/m1/s1. The summed E-state index contributed by atoms with van der Waals surface area (Å²) >= 11 is 0. The summed E-state index contributed by atoms with van der Waals surface area (Å²) in [5, 5.41) is 2.77. The number of aryl methyl sites for hydroxylation is 1. The summed E-state index contributed by atoms with van der Waals surface area (Å²) in [7, 11) is 3.32. The summed E-state index contributed by atoms with van der Waals surface area (Å²) in [5.41, 5.74) is 1.08. The lowest BCUT2D eigenvalue weighted by Crippen LogP contribution is -2.59. The Morgan fingerprint density at radius 3 is 2.64 bits per heavy atom. The van der Waals surface area contributed by atoms with Crippen LogP contribution in [0.2, 0.25) is 0 Å². The number of amides is 1. The highest BCUT2D eigenvalue weighted by atomic mass is 16.5. The van der Waals surface area contributed by atoms with Crippen LogP contribution < -0.4 is 19.9 Å². The molecular weight excluding hydrogens is 318 g/mol. The van der Waals surface area contributed by atoms with E-state index in [9.17, 15) is 4.79 Å². The van der Waals surface area contributed by atoms with Crippen molar-refractivity contribution in [1.29, 1.82) is 0 Å². The number of carbonyl (C=O) groups excluding carboxylic acids is 1. The fraction of sp³-hybridized carbons (Fsp3) is 0.389. The van der Waals surface area contributed by atoms with E-state index in [-0.39, 0.29) is 11.9 Å². The van der Waals surface area contributed by atoms with Crippen LogP contribution in [0.4, 0.5) is 11.5 Å². The second-order valence-corrected chi connectivity index (χ2v) is 5.93. The topological polar surface area (TPSA) is 70.6 Å². The van der Waals surface area contributed by atoms with Crippen molar-refractivity contribution < 1.29 is 9.53 Å². The third-order valence-corrected chi connectivity index (χ3v) is 4.42. The number of piperazine rings is 1. The molecule has 0 radical (unpaired) electrons. The minimum absolute atomic E-state index is 0.0190. The third kappa shape index (κ3) is 3.65. The smallest absolute Gasteiger partial charge is 0.244 e. The van der Waals surface area contributed by atoms with Gasteiger partial charge in [-0.1, -0.05) is 0 Å². The molecule has 1 fully saturated rings. The van der Waals surface area contributed by atoms with Gasteiger partial charge in [-0.05, 0) is 37.3 Å². The van der Waals surface area contributed by atoms with Crippen molar-refractivity contribution in [3.63, 3.8) is 0 Å². The Morgan fingerprint density at radius 2 is 2.00 bits per heavy atom. The lowest BCUT2D eigenvalue weighted by Gasteiger charge is -2.42. The van der Waals surface area contributed by atoms with E-state index in [0.29, 0.717) is 18.9 Å². The van der Waals surface area contributed by atoms with Crippen LogP contribution in [0.5, 0.6) is 5.75 Å². The van der Waals surface area contributed by atoms with Crippen LogP contribution in [0.3, 0.4) is 0 Å². The van der Waals surface area contributed by atoms with Crippen molar-refractivity contribution in [3.8, 4) is 5.75 Å². The monoisotopic (exact) mass is 341 g/mol. The van der Waals surface area contributed by atoms with Crippen LogP contribution in [0.15, 0.2) is 36.5 Å². The van der Waals surface area contributed by atoms with Gasteiger partial charge in [-0.15, -0.1) is 0 Å². The molecule has 1 aliphatic rings. The SMILES string of the molecule is CNC(=O)[C@H]1CN(c2ccc(OC)cc2)CCN1c1ccnc(C)n1. The summed E-state index contributed by atoms with van der Waals surface area (Å²) in [4.78, 5) is 25.4. The van der Waals surface area contributed by atoms with E-state index in [1.807, 2.05) is 42.2 Å². The Bertz CT molecular complexity index is 735. The van der Waals surface area contributed by atoms with E-state index in [0.717, 1.165) is 23.8 Å². The summed E-state index contributed by atoms with van der Waals surface area (Å²) in [6, 6.07) is 9.45. The first kappa shape index (κ1) is 17.0. The molecule has 1 atom stereocenters. The molecule has 2 aromatic rings. The van der Waals surface area contributed by atoms with Crippen molar-refractivity contribution >= 4 is 17.4 Å². The van der Waals surface area contributed by atoms with Crippen LogP contribution in [-0.2, 0) is 4.79 Å². The van der Waals surface area contributed by atoms with E-state index < -0.39 is 0 Å². The van der Waals surface area contributed by atoms with Crippen LogP contribution in [-0.4, -0.2) is 55.7 Å². The Balaban J connectivity index is 1.83. The molecule has 1 N–H and O–H groups in total. The molecule has 7 heteroatoms. The number of hydrogen-bond acceptors (Lipinski definition) is 6. The number of benzene rings is 1. The van der Waals surface area contributed by atoms with E-state index in [1.54, 1.807) is 20.4 Å². The maximum Gasteiger partial charge on any atom is 0.244 e. The average Bonchev–Trinajstić information content (AvgIpc) is 2.67. The van der Waals surface area contributed by atoms with Gasteiger partial charge < -0.3 is 19.9 Å². The molecule has 1 amide bonds. The van der Waals surface area contributed by atoms with E-state index in [4.69, 9.17) is 4.74 Å². The highest BCUT2D eigenvalue weighted by Crippen LogP contribution is 2.24. The minimum atomic E-state index is -0.310. The fourth-order valence-electron chi connectivity index (χ4n) is 3.08. The highest BCUT2D eigenvalue weighted by molar-refractivity contribution is 5.86. The maximum absolute atomic E-state index is 12.5. The number of anilines is 2. The van der Waals surface area contributed by atoms with Crippen molar-refractivity contribution in [1.82, 2.24) is 15.3 Å². The van der Waals surface area contributed by atoms with Gasteiger partial charge in [-0.3, -0.25) is 4.79 Å². The second-order valence-electron chi connectivity index (χ2n) is 5.93. The predicted molar refractivity (Wildman–Crippen MR) is 97.2 cm³/mol. The maximum atomic E-state index is 12.5. The van der Waals surface area contributed by atoms with E-state index >= 15 is 0 Å². The van der Waals surface area contributed by atoms with Crippen molar-refractivity contribution in [2.24, 2.45) is 0 Å². The van der Waals surface area contributed by atoms with Crippen molar-refractivity contribution in [2.75, 3.05) is 43.6 Å². The molecule has 0 bridgehead atoms. The third-order valence-electron chi connectivity index (χ3n) is 4.42. The zero-order valence-corrected chi connectivity index (χ0v) is 14.8. The number of aromatic nitrogens is 2. The first-order valence-corrected chi connectivity index (χ1v) is 8.29. The number of nitrogens with zero attached hydrogens (tertiary/aromatic N) is 4.